The molecular formula is C10H13NO. The molecule has 0 spiro atoms. The quantitative estimate of drug-likeness (QED) is 0.667. The predicted octanol–water partition coefficient (Wildman–Crippen LogP) is 2.36. The normalized spacial score (nSPS) is 17.1. The lowest BCUT2D eigenvalue weighted by atomic mass is 9.80. The van der Waals surface area contributed by atoms with Crippen LogP contribution in [0.25, 0.3) is 0 Å². The Kier molecular flexibility index (Phi) is 1.98. The number of nitrogens with zero attached hydrogens (tertiary/aromatic N) is 1. The minimum absolute atomic E-state index is 0.702. The molecule has 0 amide bonds. The van der Waals surface area contributed by atoms with Gasteiger partial charge in [-0.2, -0.15) is 0 Å². The van der Waals surface area contributed by atoms with Gasteiger partial charge in [0.25, 0.3) is 0 Å². The highest BCUT2D eigenvalue weighted by Crippen LogP contribution is 2.39. The van der Waals surface area contributed by atoms with Crippen molar-refractivity contribution in [2.75, 3.05) is 7.11 Å². The summed E-state index contributed by atoms with van der Waals surface area (Å²) in [5, 5.41) is 0. The van der Waals surface area contributed by atoms with Crippen LogP contribution in [0.4, 0.5) is 0 Å². The van der Waals surface area contributed by atoms with Gasteiger partial charge >= 0.3 is 0 Å². The van der Waals surface area contributed by atoms with Crippen molar-refractivity contribution in [2.45, 2.75) is 25.2 Å². The number of methoxy groups -OCH3 is 1. The highest BCUT2D eigenvalue weighted by molar-refractivity contribution is 5.30. The van der Waals surface area contributed by atoms with Crippen LogP contribution in [0, 0.1) is 0 Å². The molecule has 0 bridgehead atoms. The van der Waals surface area contributed by atoms with Crippen LogP contribution >= 0.6 is 0 Å². The van der Waals surface area contributed by atoms with E-state index in [1.54, 1.807) is 13.3 Å². The number of hydrogen-bond donors (Lipinski definition) is 0. The fourth-order valence-corrected chi connectivity index (χ4v) is 1.60. The molecular weight excluding hydrogens is 150 g/mol. The van der Waals surface area contributed by atoms with Crippen molar-refractivity contribution in [1.29, 1.82) is 0 Å². The van der Waals surface area contributed by atoms with E-state index in [4.69, 9.17) is 4.74 Å². The smallest absolute Gasteiger partial charge is 0.216 e. The van der Waals surface area contributed by atoms with Gasteiger partial charge in [-0.1, -0.05) is 12.5 Å². The number of rotatable bonds is 2. The zero-order valence-electron chi connectivity index (χ0n) is 7.29. The summed E-state index contributed by atoms with van der Waals surface area (Å²) >= 11 is 0. The Hall–Kier alpha value is -1.05. The van der Waals surface area contributed by atoms with E-state index < -0.39 is 0 Å². The van der Waals surface area contributed by atoms with Crippen molar-refractivity contribution in [3.05, 3.63) is 23.9 Å². The number of pyridine rings is 1. The third-order valence-corrected chi connectivity index (χ3v) is 2.54. The molecule has 1 aromatic heterocycles. The Morgan fingerprint density at radius 3 is 2.92 bits per heavy atom. The van der Waals surface area contributed by atoms with Crippen LogP contribution in [0.2, 0.25) is 0 Å². The van der Waals surface area contributed by atoms with Crippen LogP contribution in [0.3, 0.4) is 0 Å². The first-order valence-electron chi connectivity index (χ1n) is 4.40. The monoisotopic (exact) mass is 163 g/mol. The van der Waals surface area contributed by atoms with E-state index in [2.05, 4.69) is 11.1 Å². The molecule has 2 nitrogen and oxygen atoms in total. The molecule has 2 heteroatoms. The Morgan fingerprint density at radius 1 is 1.50 bits per heavy atom. The molecule has 1 aliphatic carbocycles. The molecule has 0 unspecified atom stereocenters. The lowest BCUT2D eigenvalue weighted by molar-refractivity contribution is 0.361. The summed E-state index contributed by atoms with van der Waals surface area (Å²) < 4.78 is 5.19. The lowest BCUT2D eigenvalue weighted by Crippen LogP contribution is -2.10. The molecule has 1 fully saturated rings. The maximum atomic E-state index is 5.19. The van der Waals surface area contributed by atoms with E-state index in [-0.39, 0.29) is 0 Å². The summed E-state index contributed by atoms with van der Waals surface area (Å²) in [6.45, 7) is 0. The summed E-state index contributed by atoms with van der Waals surface area (Å²) in [4.78, 5) is 4.18. The standard InChI is InChI=1S/C10H13NO/c1-12-10-9(6-3-7-11-10)8-4-2-5-8/h3,6-8H,2,4-5H2,1H3. The second kappa shape index (κ2) is 3.13. The van der Waals surface area contributed by atoms with Crippen LogP contribution in [-0.2, 0) is 0 Å². The molecule has 0 atom stereocenters. The summed E-state index contributed by atoms with van der Waals surface area (Å²) in [5.41, 5.74) is 1.28. The topological polar surface area (TPSA) is 22.1 Å². The first-order chi connectivity index (χ1) is 5.92. The van der Waals surface area contributed by atoms with Gasteiger partial charge in [0.15, 0.2) is 0 Å². The summed E-state index contributed by atoms with van der Waals surface area (Å²) in [6.07, 6.45) is 5.72. The van der Waals surface area contributed by atoms with Crippen molar-refractivity contribution in [3.8, 4) is 5.88 Å². The molecule has 12 heavy (non-hydrogen) atoms. The highest BCUT2D eigenvalue weighted by atomic mass is 16.5. The maximum Gasteiger partial charge on any atom is 0.216 e. The number of aromatic nitrogens is 1. The van der Waals surface area contributed by atoms with Crippen molar-refractivity contribution >= 4 is 0 Å². The summed E-state index contributed by atoms with van der Waals surface area (Å²) in [6, 6.07) is 4.10. The second-order valence-corrected chi connectivity index (χ2v) is 3.23. The first-order valence-corrected chi connectivity index (χ1v) is 4.40. The van der Waals surface area contributed by atoms with E-state index in [0.29, 0.717) is 5.92 Å². The third-order valence-electron chi connectivity index (χ3n) is 2.54. The van der Waals surface area contributed by atoms with Crippen LogP contribution < -0.4 is 4.74 Å². The van der Waals surface area contributed by atoms with Crippen molar-refractivity contribution in [2.24, 2.45) is 0 Å². The van der Waals surface area contributed by atoms with Gasteiger partial charge in [-0.3, -0.25) is 0 Å². The summed E-state index contributed by atoms with van der Waals surface area (Å²) in [7, 11) is 1.69. The van der Waals surface area contributed by atoms with Gasteiger partial charge in [-0.15, -0.1) is 0 Å². The van der Waals surface area contributed by atoms with E-state index in [1.165, 1.54) is 24.8 Å². The fourth-order valence-electron chi connectivity index (χ4n) is 1.60. The molecule has 1 saturated carbocycles. The van der Waals surface area contributed by atoms with Gasteiger partial charge in [0.2, 0.25) is 5.88 Å². The van der Waals surface area contributed by atoms with Gasteiger partial charge in [0.1, 0.15) is 0 Å². The molecule has 0 N–H and O–H groups in total. The maximum absolute atomic E-state index is 5.19. The van der Waals surface area contributed by atoms with Gasteiger partial charge in [-0.25, -0.2) is 4.98 Å². The Balaban J connectivity index is 2.27. The second-order valence-electron chi connectivity index (χ2n) is 3.23. The molecule has 0 aromatic carbocycles. The zero-order valence-corrected chi connectivity index (χ0v) is 7.29. The van der Waals surface area contributed by atoms with Crippen LogP contribution in [0.5, 0.6) is 5.88 Å². The molecule has 0 saturated heterocycles. The van der Waals surface area contributed by atoms with Gasteiger partial charge in [0.05, 0.1) is 7.11 Å². The van der Waals surface area contributed by atoms with Gasteiger partial charge in [0, 0.05) is 11.8 Å². The minimum Gasteiger partial charge on any atom is -0.481 e. The van der Waals surface area contributed by atoms with E-state index in [1.807, 2.05) is 6.07 Å². The Morgan fingerprint density at radius 2 is 2.33 bits per heavy atom. The Labute approximate surface area is 72.6 Å². The van der Waals surface area contributed by atoms with Crippen molar-refractivity contribution in [3.63, 3.8) is 0 Å². The van der Waals surface area contributed by atoms with E-state index in [0.717, 1.165) is 5.88 Å². The van der Waals surface area contributed by atoms with Gasteiger partial charge in [-0.05, 0) is 24.8 Å². The predicted molar refractivity (Wildman–Crippen MR) is 47.4 cm³/mol. The van der Waals surface area contributed by atoms with Crippen molar-refractivity contribution in [1.82, 2.24) is 4.98 Å². The van der Waals surface area contributed by atoms with E-state index >= 15 is 0 Å². The molecule has 2 rings (SSSR count). The third kappa shape index (κ3) is 1.17. The van der Waals surface area contributed by atoms with Crippen molar-refractivity contribution < 1.29 is 4.74 Å². The summed E-state index contributed by atoms with van der Waals surface area (Å²) in [5.74, 6) is 1.51. The minimum atomic E-state index is 0.702. The number of hydrogen-bond acceptors (Lipinski definition) is 2. The molecule has 64 valence electrons. The highest BCUT2D eigenvalue weighted by Gasteiger charge is 2.22. The molecule has 0 aliphatic heterocycles. The van der Waals surface area contributed by atoms with Crippen LogP contribution in [0.1, 0.15) is 30.7 Å². The van der Waals surface area contributed by atoms with Crippen LogP contribution in [-0.4, -0.2) is 12.1 Å². The largest absolute Gasteiger partial charge is 0.481 e. The Bertz CT molecular complexity index is 268. The first kappa shape index (κ1) is 7.59. The fraction of sp³-hybridized carbons (Fsp3) is 0.500. The van der Waals surface area contributed by atoms with Crippen LogP contribution in [0.15, 0.2) is 18.3 Å². The SMILES string of the molecule is COc1ncccc1C1CCC1. The average molecular weight is 163 g/mol. The lowest BCUT2D eigenvalue weighted by Gasteiger charge is -2.26. The van der Waals surface area contributed by atoms with Gasteiger partial charge < -0.3 is 4.74 Å². The average Bonchev–Trinajstić information content (AvgIpc) is 2.02. The molecule has 0 radical (unpaired) electrons. The van der Waals surface area contributed by atoms with E-state index in [9.17, 15) is 0 Å². The zero-order chi connectivity index (χ0) is 8.39. The molecule has 1 aromatic rings. The number of ether oxygens (including phenoxy) is 1. The molecule has 1 aliphatic rings. The molecule has 1 heterocycles.